The fourth-order valence-electron chi connectivity index (χ4n) is 1.44. The van der Waals surface area contributed by atoms with Crippen molar-refractivity contribution in [1.82, 2.24) is 0 Å². The number of hydrogen-bond acceptors (Lipinski definition) is 2. The molecule has 0 aromatic heterocycles. The second-order valence-corrected chi connectivity index (χ2v) is 6.33. The van der Waals surface area contributed by atoms with E-state index >= 15 is 0 Å². The summed E-state index contributed by atoms with van der Waals surface area (Å²) in [4.78, 5) is 0. The predicted octanol–water partition coefficient (Wildman–Crippen LogP) is -3.16. The van der Waals surface area contributed by atoms with Crippen molar-refractivity contribution in [2.24, 2.45) is 0 Å². The number of halogens is 2. The van der Waals surface area contributed by atoms with Gasteiger partial charge >= 0.3 is 21.2 Å². The van der Waals surface area contributed by atoms with Gasteiger partial charge in [-0.1, -0.05) is 12.1 Å². The minimum absolute atomic E-state index is 0. The van der Waals surface area contributed by atoms with Crippen LogP contribution in [0.25, 0.3) is 0 Å². The van der Waals surface area contributed by atoms with Crippen molar-refractivity contribution in [3.8, 4) is 11.5 Å². The SMILES string of the molecule is COc1ccc([I+]c2ccccc2OC)cc1.[F-]. The van der Waals surface area contributed by atoms with Gasteiger partial charge in [-0.15, -0.1) is 0 Å². The van der Waals surface area contributed by atoms with Crippen LogP contribution in [0.4, 0.5) is 0 Å². The highest BCUT2D eigenvalue weighted by atomic mass is 127. The summed E-state index contributed by atoms with van der Waals surface area (Å²) in [5.41, 5.74) is 0. The van der Waals surface area contributed by atoms with Crippen LogP contribution in [0.1, 0.15) is 0 Å². The standard InChI is InChI=1S/C14H14IO2.FH/c1-16-12-9-7-11(8-10-12)15-13-5-3-4-6-14(13)17-2;/h3-10H,1-2H3;1H/q+1;/p-1. The number of benzene rings is 2. The zero-order chi connectivity index (χ0) is 12.1. The van der Waals surface area contributed by atoms with Crippen molar-refractivity contribution in [1.29, 1.82) is 0 Å². The lowest BCUT2D eigenvalue weighted by atomic mass is 10.3. The first kappa shape index (κ1) is 14.8. The summed E-state index contributed by atoms with van der Waals surface area (Å²) < 4.78 is 13.2. The smallest absolute Gasteiger partial charge is 0.362 e. The van der Waals surface area contributed by atoms with Crippen LogP contribution < -0.4 is 35.4 Å². The Hall–Kier alpha value is -1.30. The van der Waals surface area contributed by atoms with E-state index in [0.717, 1.165) is 11.5 Å². The van der Waals surface area contributed by atoms with Gasteiger partial charge in [0.2, 0.25) is 3.57 Å². The molecule has 96 valence electrons. The number of rotatable bonds is 4. The van der Waals surface area contributed by atoms with Gasteiger partial charge in [0.15, 0.2) is 9.32 Å². The second-order valence-electron chi connectivity index (χ2n) is 3.39. The van der Waals surface area contributed by atoms with Crippen LogP contribution in [0, 0.1) is 7.14 Å². The molecule has 0 aliphatic carbocycles. The van der Waals surface area contributed by atoms with Crippen LogP contribution in [0.3, 0.4) is 0 Å². The summed E-state index contributed by atoms with van der Waals surface area (Å²) >= 11 is -0.198. The molecule has 4 heteroatoms. The maximum absolute atomic E-state index is 5.37. The first-order chi connectivity index (χ1) is 8.33. The third-order valence-corrected chi connectivity index (χ3v) is 5.13. The molecule has 2 aromatic carbocycles. The van der Waals surface area contributed by atoms with Gasteiger partial charge in [0.05, 0.1) is 14.2 Å². The van der Waals surface area contributed by atoms with Gasteiger partial charge in [0, 0.05) is 0 Å². The van der Waals surface area contributed by atoms with Gasteiger partial charge in [-0.25, -0.2) is 0 Å². The second kappa shape index (κ2) is 7.20. The van der Waals surface area contributed by atoms with Gasteiger partial charge < -0.3 is 14.2 Å². The molecule has 0 amide bonds. The Morgan fingerprint density at radius 2 is 1.50 bits per heavy atom. The molecule has 2 nitrogen and oxygen atoms in total. The predicted molar refractivity (Wildman–Crippen MR) is 63.4 cm³/mol. The molecule has 0 unspecified atom stereocenters. The zero-order valence-electron chi connectivity index (χ0n) is 10.2. The van der Waals surface area contributed by atoms with Crippen LogP contribution in [-0.4, -0.2) is 14.2 Å². The number of hydrogen-bond donors (Lipinski definition) is 0. The Kier molecular flexibility index (Phi) is 5.91. The third-order valence-electron chi connectivity index (χ3n) is 2.32. The zero-order valence-corrected chi connectivity index (χ0v) is 12.3. The van der Waals surface area contributed by atoms with Crippen LogP contribution in [0.5, 0.6) is 11.5 Å². The van der Waals surface area contributed by atoms with E-state index in [-0.39, 0.29) is 25.9 Å². The fraction of sp³-hybridized carbons (Fsp3) is 0.143. The van der Waals surface area contributed by atoms with Crippen molar-refractivity contribution in [2.45, 2.75) is 0 Å². The maximum Gasteiger partial charge on any atom is 0.362 e. The third kappa shape index (κ3) is 3.60. The highest BCUT2D eigenvalue weighted by Gasteiger charge is 2.19. The molecule has 0 radical (unpaired) electrons. The average molecular weight is 360 g/mol. The van der Waals surface area contributed by atoms with Crippen molar-refractivity contribution >= 4 is 0 Å². The number of methoxy groups -OCH3 is 2. The van der Waals surface area contributed by atoms with Gasteiger partial charge in [-0.2, -0.15) is 0 Å². The van der Waals surface area contributed by atoms with E-state index in [2.05, 4.69) is 24.3 Å². The van der Waals surface area contributed by atoms with Gasteiger partial charge in [-0.05, 0) is 36.4 Å². The van der Waals surface area contributed by atoms with Crippen molar-refractivity contribution < 1.29 is 35.4 Å². The summed E-state index contributed by atoms with van der Waals surface area (Å²) in [5.74, 6) is 1.88. The molecule has 2 aromatic rings. The normalized spacial score (nSPS) is 9.44. The topological polar surface area (TPSA) is 18.5 Å². The molecule has 0 N–H and O–H groups in total. The van der Waals surface area contributed by atoms with Crippen LogP contribution in [-0.2, 0) is 0 Å². The van der Waals surface area contributed by atoms with E-state index in [1.165, 1.54) is 7.14 Å². The van der Waals surface area contributed by atoms with Crippen LogP contribution in [0.15, 0.2) is 48.5 Å². The van der Waals surface area contributed by atoms with Gasteiger partial charge in [-0.3, -0.25) is 0 Å². The molecule has 18 heavy (non-hydrogen) atoms. The Balaban J connectivity index is 0.00000162. The van der Waals surface area contributed by atoms with E-state index in [1.807, 2.05) is 24.3 Å². The monoisotopic (exact) mass is 360 g/mol. The van der Waals surface area contributed by atoms with E-state index in [1.54, 1.807) is 14.2 Å². The summed E-state index contributed by atoms with van der Waals surface area (Å²) in [6, 6.07) is 16.5. The minimum Gasteiger partial charge on any atom is -1.00 e. The molecule has 2 rings (SSSR count). The Bertz CT molecular complexity index is 485. The molecule has 0 heterocycles. The van der Waals surface area contributed by atoms with Crippen molar-refractivity contribution in [3.05, 3.63) is 55.7 Å². The highest BCUT2D eigenvalue weighted by molar-refractivity contribution is 5.22. The fourth-order valence-corrected chi connectivity index (χ4v) is 3.88. The lowest BCUT2D eigenvalue weighted by Gasteiger charge is -1.98. The first-order valence-corrected chi connectivity index (χ1v) is 7.41. The van der Waals surface area contributed by atoms with E-state index < -0.39 is 0 Å². The van der Waals surface area contributed by atoms with E-state index in [4.69, 9.17) is 9.47 Å². The maximum atomic E-state index is 5.37. The molecule has 0 atom stereocenters. The highest BCUT2D eigenvalue weighted by Crippen LogP contribution is 2.08. The van der Waals surface area contributed by atoms with Gasteiger partial charge in [0.25, 0.3) is 0 Å². The summed E-state index contributed by atoms with van der Waals surface area (Å²) in [6.07, 6.45) is 0. The molecule has 0 spiro atoms. The molecule has 0 saturated heterocycles. The van der Waals surface area contributed by atoms with Crippen LogP contribution >= 0.6 is 0 Å². The largest absolute Gasteiger partial charge is 1.00 e. The molecule has 0 aliphatic rings. The van der Waals surface area contributed by atoms with Gasteiger partial charge in [0.1, 0.15) is 5.75 Å². The molecule has 0 bridgehead atoms. The lowest BCUT2D eigenvalue weighted by Crippen LogP contribution is -3.61. The van der Waals surface area contributed by atoms with E-state index in [0.29, 0.717) is 0 Å². The quantitative estimate of drug-likeness (QED) is 0.536. The Labute approximate surface area is 117 Å². The molecular formula is C14H14FIO2. The number of para-hydroxylation sites is 1. The Morgan fingerprint density at radius 3 is 2.11 bits per heavy atom. The lowest BCUT2D eigenvalue weighted by molar-refractivity contribution is -0.598. The van der Waals surface area contributed by atoms with Crippen molar-refractivity contribution in [3.63, 3.8) is 0 Å². The van der Waals surface area contributed by atoms with Crippen molar-refractivity contribution in [2.75, 3.05) is 14.2 Å². The minimum atomic E-state index is -0.198. The first-order valence-electron chi connectivity index (χ1n) is 5.25. The summed E-state index contributed by atoms with van der Waals surface area (Å²) in [5, 5.41) is 0. The molecular weight excluding hydrogens is 346 g/mol. The number of ether oxygens (including phenoxy) is 2. The molecule has 0 aliphatic heterocycles. The summed E-state index contributed by atoms with van der Waals surface area (Å²) in [7, 11) is 3.40. The summed E-state index contributed by atoms with van der Waals surface area (Å²) in [6.45, 7) is 0. The molecule has 0 saturated carbocycles. The Morgan fingerprint density at radius 1 is 0.833 bits per heavy atom. The van der Waals surface area contributed by atoms with Crippen LogP contribution in [0.2, 0.25) is 0 Å². The average Bonchev–Trinajstić information content (AvgIpc) is 2.40. The van der Waals surface area contributed by atoms with E-state index in [9.17, 15) is 0 Å². The molecule has 0 fully saturated rings.